The Hall–Kier alpha value is -3.22. The Balaban J connectivity index is 2.03. The van der Waals surface area contributed by atoms with Crippen molar-refractivity contribution in [1.29, 1.82) is 0 Å². The maximum absolute atomic E-state index is 14.1. The lowest BCUT2D eigenvalue weighted by Crippen LogP contribution is -2.30. The van der Waals surface area contributed by atoms with Gasteiger partial charge >= 0.3 is 0 Å². The number of benzene rings is 2. The number of methoxy groups -OCH3 is 3. The van der Waals surface area contributed by atoms with Gasteiger partial charge in [0.2, 0.25) is 0 Å². The molecule has 1 unspecified atom stereocenters. The Morgan fingerprint density at radius 1 is 1.07 bits per heavy atom. The Morgan fingerprint density at radius 2 is 1.75 bits per heavy atom. The van der Waals surface area contributed by atoms with Crippen LogP contribution in [0, 0.1) is 5.82 Å². The number of aromatic nitrogens is 1. The van der Waals surface area contributed by atoms with Crippen LogP contribution in [0.4, 0.5) is 4.39 Å². The van der Waals surface area contributed by atoms with Crippen molar-refractivity contribution in [1.82, 2.24) is 9.88 Å². The van der Waals surface area contributed by atoms with Gasteiger partial charge in [-0.1, -0.05) is 18.2 Å². The molecule has 1 heterocycles. The average Bonchev–Trinajstić information content (AvgIpc) is 3.16. The first-order chi connectivity index (χ1) is 13.4. The average molecular weight is 386 g/mol. The second-order valence-electron chi connectivity index (χ2n) is 6.40. The van der Waals surface area contributed by atoms with Crippen molar-refractivity contribution in [3.63, 3.8) is 0 Å². The molecule has 1 N–H and O–H groups in total. The molecule has 148 valence electrons. The van der Waals surface area contributed by atoms with Gasteiger partial charge < -0.3 is 24.1 Å². The number of carbonyl (C=O) groups is 1. The molecule has 6 nitrogen and oxygen atoms in total. The number of nitrogens with zero attached hydrogens (tertiary/aromatic N) is 1. The first-order valence-electron chi connectivity index (χ1n) is 8.76. The zero-order chi connectivity index (χ0) is 20.4. The molecule has 0 fully saturated rings. The molecule has 1 atom stereocenters. The first kappa shape index (κ1) is 19.5. The third-order valence-corrected chi connectivity index (χ3v) is 4.93. The van der Waals surface area contributed by atoms with Crippen LogP contribution in [0.1, 0.15) is 29.0 Å². The summed E-state index contributed by atoms with van der Waals surface area (Å²) in [5, 5.41) is 0.690. The van der Waals surface area contributed by atoms with E-state index in [4.69, 9.17) is 14.2 Å². The van der Waals surface area contributed by atoms with Gasteiger partial charge in [-0.05, 0) is 19.1 Å². The van der Waals surface area contributed by atoms with E-state index in [-0.39, 0.29) is 11.7 Å². The minimum absolute atomic E-state index is 0.282. The number of nitrogens with one attached hydrogen (secondary N) is 1. The van der Waals surface area contributed by atoms with E-state index in [2.05, 4.69) is 4.98 Å². The maximum atomic E-state index is 14.1. The Kier molecular flexibility index (Phi) is 5.44. The number of rotatable bonds is 6. The second kappa shape index (κ2) is 7.80. The molecule has 1 aromatic heterocycles. The van der Waals surface area contributed by atoms with Crippen molar-refractivity contribution in [3.8, 4) is 17.2 Å². The molecule has 3 rings (SSSR count). The number of carbonyl (C=O) groups excluding carboxylic acids is 1. The summed E-state index contributed by atoms with van der Waals surface area (Å²) in [7, 11) is 6.24. The van der Waals surface area contributed by atoms with Gasteiger partial charge in [0.15, 0.2) is 11.5 Å². The highest BCUT2D eigenvalue weighted by atomic mass is 19.1. The van der Waals surface area contributed by atoms with Gasteiger partial charge in [0.25, 0.3) is 5.91 Å². The molecule has 0 aliphatic carbocycles. The summed E-state index contributed by atoms with van der Waals surface area (Å²) in [5.41, 5.74) is 1.38. The Morgan fingerprint density at radius 3 is 2.36 bits per heavy atom. The van der Waals surface area contributed by atoms with Crippen molar-refractivity contribution >= 4 is 16.8 Å². The fourth-order valence-corrected chi connectivity index (χ4v) is 3.24. The van der Waals surface area contributed by atoms with Crippen LogP contribution in [0.2, 0.25) is 0 Å². The van der Waals surface area contributed by atoms with E-state index in [0.29, 0.717) is 39.4 Å². The van der Waals surface area contributed by atoms with E-state index in [1.807, 2.05) is 0 Å². The van der Waals surface area contributed by atoms with E-state index in [1.165, 1.54) is 25.2 Å². The van der Waals surface area contributed by atoms with E-state index >= 15 is 0 Å². The molecular formula is C21H23FN2O4. The van der Waals surface area contributed by atoms with Crippen LogP contribution < -0.4 is 14.2 Å². The topological polar surface area (TPSA) is 63.8 Å². The van der Waals surface area contributed by atoms with E-state index in [9.17, 15) is 9.18 Å². The number of amides is 1. The van der Waals surface area contributed by atoms with Crippen LogP contribution in [-0.2, 0) is 0 Å². The summed E-state index contributed by atoms with van der Waals surface area (Å²) in [6, 6.07) is 9.38. The van der Waals surface area contributed by atoms with Gasteiger partial charge in [-0.2, -0.15) is 0 Å². The molecule has 1 amide bonds. The van der Waals surface area contributed by atoms with Crippen LogP contribution in [-0.4, -0.2) is 44.2 Å². The minimum atomic E-state index is -0.446. The number of fused-ring (bicyclic) bond motifs is 1. The van der Waals surface area contributed by atoms with Gasteiger partial charge in [-0.15, -0.1) is 0 Å². The molecule has 0 saturated carbocycles. The van der Waals surface area contributed by atoms with Gasteiger partial charge in [-0.3, -0.25) is 4.79 Å². The van der Waals surface area contributed by atoms with Crippen molar-refractivity contribution in [2.45, 2.75) is 13.0 Å². The van der Waals surface area contributed by atoms with Gasteiger partial charge in [0.1, 0.15) is 17.3 Å². The normalized spacial score (nSPS) is 11.9. The van der Waals surface area contributed by atoms with Crippen molar-refractivity contribution in [2.24, 2.45) is 0 Å². The third kappa shape index (κ3) is 3.24. The summed E-state index contributed by atoms with van der Waals surface area (Å²) in [5.74, 6) is 0.880. The lowest BCUT2D eigenvalue weighted by Gasteiger charge is -2.25. The quantitative estimate of drug-likeness (QED) is 0.691. The summed E-state index contributed by atoms with van der Waals surface area (Å²) in [6.07, 6.45) is 0. The number of hydrogen-bond acceptors (Lipinski definition) is 4. The lowest BCUT2D eigenvalue weighted by molar-refractivity contribution is 0.0735. The predicted molar refractivity (Wildman–Crippen MR) is 105 cm³/mol. The summed E-state index contributed by atoms with van der Waals surface area (Å²) in [4.78, 5) is 17.6. The number of halogens is 1. The Labute approximate surface area is 162 Å². The molecule has 0 bridgehead atoms. The molecule has 0 radical (unpaired) electrons. The largest absolute Gasteiger partial charge is 0.496 e. The van der Waals surface area contributed by atoms with Crippen molar-refractivity contribution in [3.05, 3.63) is 53.5 Å². The number of H-pyrrole nitrogens is 1. The van der Waals surface area contributed by atoms with Crippen molar-refractivity contribution in [2.75, 3.05) is 28.4 Å². The van der Waals surface area contributed by atoms with Crippen LogP contribution >= 0.6 is 0 Å². The van der Waals surface area contributed by atoms with Gasteiger partial charge in [-0.25, -0.2) is 4.39 Å². The number of ether oxygens (including phenoxy) is 3. The van der Waals surface area contributed by atoms with Crippen LogP contribution in [0.5, 0.6) is 17.2 Å². The van der Waals surface area contributed by atoms with Crippen molar-refractivity contribution < 1.29 is 23.4 Å². The molecule has 0 saturated heterocycles. The smallest absolute Gasteiger partial charge is 0.270 e. The summed E-state index contributed by atoms with van der Waals surface area (Å²) < 4.78 is 30.3. The molecular weight excluding hydrogens is 363 g/mol. The SMILES string of the molecule is COc1cc(OC)c2cc(C(=O)N(C)C(C)c3ccccc3F)[nH]c2c1OC. The minimum Gasteiger partial charge on any atom is -0.496 e. The molecule has 3 aromatic rings. The van der Waals surface area contributed by atoms with Crippen LogP contribution in [0.25, 0.3) is 10.9 Å². The zero-order valence-corrected chi connectivity index (χ0v) is 16.5. The molecule has 7 heteroatoms. The van der Waals surface area contributed by atoms with E-state index < -0.39 is 6.04 Å². The van der Waals surface area contributed by atoms with E-state index in [1.54, 1.807) is 51.4 Å². The summed E-state index contributed by atoms with van der Waals surface area (Å²) in [6.45, 7) is 1.78. The highest BCUT2D eigenvalue weighted by Crippen LogP contribution is 2.41. The monoisotopic (exact) mass is 386 g/mol. The Bertz CT molecular complexity index is 1020. The zero-order valence-electron chi connectivity index (χ0n) is 16.5. The summed E-state index contributed by atoms with van der Waals surface area (Å²) >= 11 is 0. The lowest BCUT2D eigenvalue weighted by atomic mass is 10.1. The highest BCUT2D eigenvalue weighted by Gasteiger charge is 2.25. The van der Waals surface area contributed by atoms with Crippen LogP contribution in [0.3, 0.4) is 0 Å². The van der Waals surface area contributed by atoms with Gasteiger partial charge in [0.05, 0.1) is 32.9 Å². The van der Waals surface area contributed by atoms with Crippen LogP contribution in [0.15, 0.2) is 36.4 Å². The maximum Gasteiger partial charge on any atom is 0.270 e. The second-order valence-corrected chi connectivity index (χ2v) is 6.40. The molecule has 0 aliphatic rings. The molecule has 0 aliphatic heterocycles. The third-order valence-electron chi connectivity index (χ3n) is 4.93. The predicted octanol–water partition coefficient (Wildman–Crippen LogP) is 4.17. The number of aromatic amines is 1. The number of hydrogen-bond donors (Lipinski definition) is 1. The fourth-order valence-electron chi connectivity index (χ4n) is 3.24. The molecule has 28 heavy (non-hydrogen) atoms. The standard InChI is InChI=1S/C21H23FN2O4/c1-12(13-8-6-7-9-15(13)22)24(2)21(25)16-10-14-17(26-3)11-18(27-4)20(28-5)19(14)23-16/h6-12,23H,1-5H3. The van der Waals surface area contributed by atoms with E-state index in [0.717, 1.165) is 0 Å². The first-order valence-corrected chi connectivity index (χ1v) is 8.76. The highest BCUT2D eigenvalue weighted by molar-refractivity contribution is 6.02. The van der Waals surface area contributed by atoms with Gasteiger partial charge in [0, 0.05) is 24.1 Å². The molecule has 2 aromatic carbocycles. The fraction of sp³-hybridized carbons (Fsp3) is 0.286. The molecule has 0 spiro atoms.